The van der Waals surface area contributed by atoms with Crippen molar-refractivity contribution in [3.8, 4) is 0 Å². The van der Waals surface area contributed by atoms with Crippen molar-refractivity contribution in [2.75, 3.05) is 20.1 Å². The van der Waals surface area contributed by atoms with Crippen LogP contribution in [0.4, 0.5) is 0 Å². The Morgan fingerprint density at radius 3 is 3.21 bits per heavy atom. The second-order valence-corrected chi connectivity index (χ2v) is 5.40. The van der Waals surface area contributed by atoms with Crippen molar-refractivity contribution in [2.45, 2.75) is 24.1 Å². The first-order valence-electron chi connectivity index (χ1n) is 4.98. The zero-order chi connectivity index (χ0) is 9.97. The van der Waals surface area contributed by atoms with E-state index in [4.69, 9.17) is 0 Å². The molecule has 2 rings (SSSR count). The Labute approximate surface area is 97.5 Å². The van der Waals surface area contributed by atoms with Gasteiger partial charge in [-0.2, -0.15) is 0 Å². The first-order valence-corrected chi connectivity index (χ1v) is 6.98. The van der Waals surface area contributed by atoms with Crippen LogP contribution in [0.25, 0.3) is 0 Å². The fourth-order valence-electron chi connectivity index (χ4n) is 1.98. The molecule has 0 aromatic carbocycles. The summed E-state index contributed by atoms with van der Waals surface area (Å²) in [4.78, 5) is 7.04. The highest BCUT2D eigenvalue weighted by molar-refractivity contribution is 9.08. The first kappa shape index (κ1) is 10.6. The number of hydrogen-bond donors (Lipinski definition) is 0. The number of aromatic nitrogens is 1. The first-order chi connectivity index (χ1) is 6.79. The number of piperidine rings is 1. The third-order valence-corrected chi connectivity index (χ3v) is 4.50. The van der Waals surface area contributed by atoms with Gasteiger partial charge in [-0.25, -0.2) is 4.98 Å². The normalized spacial score (nSPS) is 24.0. The van der Waals surface area contributed by atoms with Gasteiger partial charge in [-0.3, -0.25) is 0 Å². The lowest BCUT2D eigenvalue weighted by molar-refractivity contribution is 0.249. The van der Waals surface area contributed by atoms with Crippen LogP contribution in [0.2, 0.25) is 0 Å². The minimum Gasteiger partial charge on any atom is -0.306 e. The molecule has 0 radical (unpaired) electrons. The Bertz CT molecular complexity index is 300. The molecule has 0 saturated carbocycles. The van der Waals surface area contributed by atoms with Crippen LogP contribution in [0.3, 0.4) is 0 Å². The predicted octanol–water partition coefficient (Wildman–Crippen LogP) is 2.85. The number of thiazole rings is 1. The van der Waals surface area contributed by atoms with Gasteiger partial charge in [0.25, 0.3) is 0 Å². The Kier molecular flexibility index (Phi) is 3.57. The molecule has 4 heteroatoms. The van der Waals surface area contributed by atoms with Gasteiger partial charge in [-0.1, -0.05) is 15.9 Å². The fraction of sp³-hybridized carbons (Fsp3) is 0.700. The molecule has 78 valence electrons. The van der Waals surface area contributed by atoms with Gasteiger partial charge in [0.2, 0.25) is 0 Å². The van der Waals surface area contributed by atoms with Crippen molar-refractivity contribution >= 4 is 27.3 Å². The van der Waals surface area contributed by atoms with Crippen LogP contribution in [0, 0.1) is 0 Å². The standard InChI is InChI=1S/C10H15BrN2S/c1-13-4-2-3-8(6-13)9-7-14-10(5-11)12-9/h7-8H,2-6H2,1H3. The zero-order valence-electron chi connectivity index (χ0n) is 8.37. The Morgan fingerprint density at radius 2 is 2.57 bits per heavy atom. The van der Waals surface area contributed by atoms with Gasteiger partial charge in [0.15, 0.2) is 0 Å². The topological polar surface area (TPSA) is 16.1 Å². The number of likely N-dealkylation sites (N-methyl/N-ethyl adjacent to an activating group) is 1. The number of alkyl halides is 1. The van der Waals surface area contributed by atoms with Crippen molar-refractivity contribution in [2.24, 2.45) is 0 Å². The third-order valence-electron chi connectivity index (χ3n) is 2.73. The number of likely N-dealkylation sites (tertiary alicyclic amines) is 1. The number of hydrogen-bond acceptors (Lipinski definition) is 3. The molecule has 0 aliphatic carbocycles. The summed E-state index contributed by atoms with van der Waals surface area (Å²) in [6.45, 7) is 2.41. The van der Waals surface area contributed by atoms with Crippen LogP contribution in [0.1, 0.15) is 29.5 Å². The van der Waals surface area contributed by atoms with E-state index in [1.165, 1.54) is 36.6 Å². The van der Waals surface area contributed by atoms with E-state index < -0.39 is 0 Å². The minimum atomic E-state index is 0.665. The smallest absolute Gasteiger partial charge is 0.103 e. The average Bonchev–Trinajstić information content (AvgIpc) is 2.66. The summed E-state index contributed by atoms with van der Waals surface area (Å²) in [6, 6.07) is 0. The Hall–Kier alpha value is 0.0700. The van der Waals surface area contributed by atoms with Crippen LogP contribution >= 0.6 is 27.3 Å². The fourth-order valence-corrected chi connectivity index (χ4v) is 3.23. The van der Waals surface area contributed by atoms with E-state index in [0.29, 0.717) is 5.92 Å². The van der Waals surface area contributed by atoms with E-state index in [1.54, 1.807) is 11.3 Å². The zero-order valence-corrected chi connectivity index (χ0v) is 10.8. The maximum absolute atomic E-state index is 4.63. The molecular formula is C10H15BrN2S. The van der Waals surface area contributed by atoms with Gasteiger partial charge >= 0.3 is 0 Å². The second kappa shape index (κ2) is 4.73. The number of halogens is 1. The maximum atomic E-state index is 4.63. The molecule has 14 heavy (non-hydrogen) atoms. The second-order valence-electron chi connectivity index (χ2n) is 3.90. The van der Waals surface area contributed by atoms with E-state index in [1.807, 2.05) is 0 Å². The molecule has 1 unspecified atom stereocenters. The van der Waals surface area contributed by atoms with Crippen molar-refractivity contribution in [3.63, 3.8) is 0 Å². The van der Waals surface area contributed by atoms with Crippen LogP contribution in [-0.2, 0) is 5.33 Å². The number of nitrogens with zero attached hydrogens (tertiary/aromatic N) is 2. The molecule has 1 aliphatic rings. The lowest BCUT2D eigenvalue weighted by Crippen LogP contribution is -2.30. The van der Waals surface area contributed by atoms with Gasteiger partial charge in [0.1, 0.15) is 5.01 Å². The highest BCUT2D eigenvalue weighted by atomic mass is 79.9. The largest absolute Gasteiger partial charge is 0.306 e. The minimum absolute atomic E-state index is 0.665. The summed E-state index contributed by atoms with van der Waals surface area (Å²) in [5.41, 5.74) is 1.30. The lowest BCUT2D eigenvalue weighted by atomic mass is 9.96. The lowest BCUT2D eigenvalue weighted by Gasteiger charge is -2.28. The van der Waals surface area contributed by atoms with Crippen molar-refractivity contribution < 1.29 is 0 Å². The van der Waals surface area contributed by atoms with Crippen molar-refractivity contribution in [1.82, 2.24) is 9.88 Å². The number of rotatable bonds is 2. The molecule has 0 N–H and O–H groups in total. The Morgan fingerprint density at radius 1 is 1.71 bits per heavy atom. The summed E-state index contributed by atoms with van der Waals surface area (Å²) in [5.74, 6) is 0.665. The SMILES string of the molecule is CN1CCCC(c2csc(CBr)n2)C1. The molecule has 0 spiro atoms. The van der Waals surface area contributed by atoms with Crippen LogP contribution in [0.15, 0.2) is 5.38 Å². The summed E-state index contributed by atoms with van der Waals surface area (Å²) in [7, 11) is 2.20. The molecule has 0 bridgehead atoms. The molecule has 0 amide bonds. The summed E-state index contributed by atoms with van der Waals surface area (Å²) in [5, 5.41) is 4.31. The summed E-state index contributed by atoms with van der Waals surface area (Å²) < 4.78 is 0. The molecular weight excluding hydrogens is 260 g/mol. The van der Waals surface area contributed by atoms with Crippen LogP contribution in [-0.4, -0.2) is 30.0 Å². The van der Waals surface area contributed by atoms with Gasteiger partial charge < -0.3 is 4.90 Å². The van der Waals surface area contributed by atoms with E-state index in [0.717, 1.165) is 5.33 Å². The van der Waals surface area contributed by atoms with E-state index in [-0.39, 0.29) is 0 Å². The molecule has 1 fully saturated rings. The van der Waals surface area contributed by atoms with Gasteiger partial charge in [0, 0.05) is 17.8 Å². The van der Waals surface area contributed by atoms with Gasteiger partial charge in [0.05, 0.1) is 11.0 Å². The highest BCUT2D eigenvalue weighted by Gasteiger charge is 2.20. The van der Waals surface area contributed by atoms with Crippen molar-refractivity contribution in [1.29, 1.82) is 0 Å². The van der Waals surface area contributed by atoms with Gasteiger partial charge in [-0.05, 0) is 26.4 Å². The molecule has 2 nitrogen and oxygen atoms in total. The van der Waals surface area contributed by atoms with E-state index in [2.05, 4.69) is 38.2 Å². The maximum Gasteiger partial charge on any atom is 0.103 e. The summed E-state index contributed by atoms with van der Waals surface area (Å²) >= 11 is 5.21. The van der Waals surface area contributed by atoms with Gasteiger partial charge in [-0.15, -0.1) is 11.3 Å². The van der Waals surface area contributed by atoms with Crippen LogP contribution < -0.4 is 0 Å². The van der Waals surface area contributed by atoms with Crippen molar-refractivity contribution in [3.05, 3.63) is 16.1 Å². The molecule has 2 heterocycles. The molecule has 1 aromatic rings. The molecule has 1 aliphatic heterocycles. The average molecular weight is 275 g/mol. The quantitative estimate of drug-likeness (QED) is 0.772. The highest BCUT2D eigenvalue weighted by Crippen LogP contribution is 2.27. The molecule has 1 atom stereocenters. The molecule has 1 aromatic heterocycles. The predicted molar refractivity (Wildman–Crippen MR) is 64.2 cm³/mol. The summed E-state index contributed by atoms with van der Waals surface area (Å²) in [6.07, 6.45) is 2.61. The Balaban J connectivity index is 2.06. The third kappa shape index (κ3) is 2.35. The van der Waals surface area contributed by atoms with E-state index in [9.17, 15) is 0 Å². The van der Waals surface area contributed by atoms with E-state index >= 15 is 0 Å². The van der Waals surface area contributed by atoms with Crippen LogP contribution in [0.5, 0.6) is 0 Å². The monoisotopic (exact) mass is 274 g/mol. The molecule has 1 saturated heterocycles.